The van der Waals surface area contributed by atoms with E-state index in [1.165, 1.54) is 19.3 Å². The zero-order valence-corrected chi connectivity index (χ0v) is 10.3. The molecule has 4 heteroatoms. The summed E-state index contributed by atoms with van der Waals surface area (Å²) >= 11 is 0. The van der Waals surface area contributed by atoms with E-state index in [4.69, 9.17) is 0 Å². The molecule has 0 bridgehead atoms. The van der Waals surface area contributed by atoms with Crippen molar-refractivity contribution in [2.24, 2.45) is 5.92 Å². The van der Waals surface area contributed by atoms with Gasteiger partial charge in [-0.1, -0.05) is 19.8 Å². The predicted octanol–water partition coefficient (Wildman–Crippen LogP) is 1.99. The first-order valence-electron chi connectivity index (χ1n) is 6.14. The summed E-state index contributed by atoms with van der Waals surface area (Å²) in [6, 6.07) is 0.343. The van der Waals surface area contributed by atoms with Crippen molar-refractivity contribution in [3.63, 3.8) is 0 Å². The van der Waals surface area contributed by atoms with E-state index in [1.54, 1.807) is 4.31 Å². The Labute approximate surface area is 92.9 Å². The topological polar surface area (TPSA) is 37.4 Å². The molecule has 2 aliphatic rings. The van der Waals surface area contributed by atoms with E-state index >= 15 is 0 Å². The number of nitrogens with zero attached hydrogens (tertiary/aromatic N) is 1. The Hall–Kier alpha value is -0.0900. The molecule has 88 valence electrons. The number of fused-ring (bicyclic) bond motifs is 1. The van der Waals surface area contributed by atoms with Crippen molar-refractivity contribution < 1.29 is 8.42 Å². The highest BCUT2D eigenvalue weighted by Crippen LogP contribution is 2.37. The van der Waals surface area contributed by atoms with Gasteiger partial charge in [0.15, 0.2) is 0 Å². The summed E-state index contributed by atoms with van der Waals surface area (Å²) in [7, 11) is -2.95. The van der Waals surface area contributed by atoms with Gasteiger partial charge in [0.1, 0.15) is 0 Å². The smallest absolute Gasteiger partial charge is 0.212 e. The third-order valence-electron chi connectivity index (χ3n) is 3.78. The van der Waals surface area contributed by atoms with Crippen molar-refractivity contribution in [1.29, 1.82) is 0 Å². The molecule has 0 N–H and O–H groups in total. The van der Waals surface area contributed by atoms with E-state index in [1.807, 2.05) is 6.92 Å². The Balaban J connectivity index is 2.10. The quantitative estimate of drug-likeness (QED) is 0.745. The molecule has 1 aliphatic heterocycles. The van der Waals surface area contributed by atoms with Crippen LogP contribution in [0.25, 0.3) is 0 Å². The Morgan fingerprint density at radius 2 is 1.93 bits per heavy atom. The van der Waals surface area contributed by atoms with Gasteiger partial charge in [-0.3, -0.25) is 0 Å². The fourth-order valence-electron chi connectivity index (χ4n) is 3.08. The lowest BCUT2D eigenvalue weighted by molar-refractivity contribution is 0.260. The van der Waals surface area contributed by atoms with Crippen LogP contribution in [0.3, 0.4) is 0 Å². The summed E-state index contributed by atoms with van der Waals surface area (Å²) in [6.45, 7) is 2.71. The van der Waals surface area contributed by atoms with Gasteiger partial charge in [-0.05, 0) is 31.6 Å². The van der Waals surface area contributed by atoms with E-state index in [2.05, 4.69) is 0 Å². The Bertz CT molecular complexity index is 313. The Morgan fingerprint density at radius 3 is 2.67 bits per heavy atom. The molecule has 3 nitrogen and oxygen atoms in total. The standard InChI is InChI=1S/C11H21NO2S/c1-2-9-15(13,14)12-8-7-10-5-3-4-6-11(10)12/h10-11H,2-9H2,1H3. The van der Waals surface area contributed by atoms with Crippen LogP contribution in [0, 0.1) is 5.92 Å². The first-order valence-corrected chi connectivity index (χ1v) is 7.75. The van der Waals surface area contributed by atoms with Gasteiger partial charge in [0.2, 0.25) is 10.0 Å². The zero-order chi connectivity index (χ0) is 10.9. The van der Waals surface area contributed by atoms with E-state index in [0.717, 1.165) is 25.8 Å². The Kier molecular flexibility index (Phi) is 3.36. The van der Waals surface area contributed by atoms with Gasteiger partial charge in [0, 0.05) is 12.6 Å². The molecule has 1 heterocycles. The number of hydrogen-bond acceptors (Lipinski definition) is 2. The highest BCUT2D eigenvalue weighted by atomic mass is 32.2. The van der Waals surface area contributed by atoms with Crippen molar-refractivity contribution in [2.45, 2.75) is 51.5 Å². The molecule has 1 aliphatic carbocycles. The molecule has 2 fully saturated rings. The lowest BCUT2D eigenvalue weighted by atomic mass is 9.86. The minimum Gasteiger partial charge on any atom is -0.212 e. The number of rotatable bonds is 3. The second-order valence-electron chi connectivity index (χ2n) is 4.83. The maximum atomic E-state index is 12.0. The van der Waals surface area contributed by atoms with E-state index in [0.29, 0.717) is 17.7 Å². The van der Waals surface area contributed by atoms with Crippen molar-refractivity contribution >= 4 is 10.0 Å². The van der Waals surface area contributed by atoms with Crippen molar-refractivity contribution in [3.8, 4) is 0 Å². The fraction of sp³-hybridized carbons (Fsp3) is 1.00. The van der Waals surface area contributed by atoms with Crippen LogP contribution in [-0.4, -0.2) is 31.1 Å². The van der Waals surface area contributed by atoms with Crippen LogP contribution < -0.4 is 0 Å². The van der Waals surface area contributed by atoms with Gasteiger partial charge in [-0.2, -0.15) is 4.31 Å². The molecule has 0 aromatic rings. The number of hydrogen-bond donors (Lipinski definition) is 0. The van der Waals surface area contributed by atoms with Crippen LogP contribution in [-0.2, 0) is 10.0 Å². The maximum Gasteiger partial charge on any atom is 0.214 e. The van der Waals surface area contributed by atoms with Gasteiger partial charge in [0.25, 0.3) is 0 Å². The van der Waals surface area contributed by atoms with Crippen LogP contribution in [0.2, 0.25) is 0 Å². The summed E-state index contributed by atoms with van der Waals surface area (Å²) in [4.78, 5) is 0. The third-order valence-corrected chi connectivity index (χ3v) is 5.87. The first kappa shape index (κ1) is 11.4. The molecule has 2 rings (SSSR count). The SMILES string of the molecule is CCCS(=O)(=O)N1CCC2CCCCC21. The van der Waals surface area contributed by atoms with E-state index < -0.39 is 10.0 Å². The van der Waals surface area contributed by atoms with Gasteiger partial charge in [-0.15, -0.1) is 0 Å². The third kappa shape index (κ3) is 2.21. The molecule has 2 unspecified atom stereocenters. The van der Waals surface area contributed by atoms with Gasteiger partial charge >= 0.3 is 0 Å². The fourth-order valence-corrected chi connectivity index (χ4v) is 4.91. The lowest BCUT2D eigenvalue weighted by Gasteiger charge is -2.30. The number of sulfonamides is 1. The molecule has 1 saturated carbocycles. The Morgan fingerprint density at radius 1 is 1.20 bits per heavy atom. The molecule has 1 saturated heterocycles. The van der Waals surface area contributed by atoms with Crippen LogP contribution in [0.4, 0.5) is 0 Å². The average Bonchev–Trinajstić information content (AvgIpc) is 2.61. The molecular weight excluding hydrogens is 210 g/mol. The summed E-state index contributed by atoms with van der Waals surface area (Å²) in [6.07, 6.45) is 6.66. The van der Waals surface area contributed by atoms with Gasteiger partial charge in [-0.25, -0.2) is 8.42 Å². The van der Waals surface area contributed by atoms with Crippen molar-refractivity contribution in [3.05, 3.63) is 0 Å². The van der Waals surface area contributed by atoms with Crippen molar-refractivity contribution in [2.75, 3.05) is 12.3 Å². The van der Waals surface area contributed by atoms with Crippen LogP contribution in [0.5, 0.6) is 0 Å². The monoisotopic (exact) mass is 231 g/mol. The minimum absolute atomic E-state index is 0.330. The molecule has 2 atom stereocenters. The van der Waals surface area contributed by atoms with Gasteiger partial charge < -0.3 is 0 Å². The summed E-state index contributed by atoms with van der Waals surface area (Å²) in [5, 5.41) is 0. The average molecular weight is 231 g/mol. The largest absolute Gasteiger partial charge is 0.214 e. The normalized spacial score (nSPS) is 32.9. The summed E-state index contributed by atoms with van der Waals surface area (Å²) in [5.41, 5.74) is 0. The maximum absolute atomic E-state index is 12.0. The van der Waals surface area contributed by atoms with Gasteiger partial charge in [0.05, 0.1) is 5.75 Å². The zero-order valence-electron chi connectivity index (χ0n) is 9.48. The molecule has 0 amide bonds. The van der Waals surface area contributed by atoms with Crippen LogP contribution in [0.1, 0.15) is 45.4 Å². The predicted molar refractivity (Wildman–Crippen MR) is 61.1 cm³/mol. The second kappa shape index (κ2) is 4.42. The molecule has 0 aromatic carbocycles. The molecule has 0 aromatic heterocycles. The highest BCUT2D eigenvalue weighted by molar-refractivity contribution is 7.89. The van der Waals surface area contributed by atoms with Crippen LogP contribution >= 0.6 is 0 Å². The molecular formula is C11H21NO2S. The summed E-state index contributed by atoms with van der Waals surface area (Å²) < 4.78 is 25.8. The highest BCUT2D eigenvalue weighted by Gasteiger charge is 2.40. The van der Waals surface area contributed by atoms with E-state index in [9.17, 15) is 8.42 Å². The first-order chi connectivity index (χ1) is 7.15. The molecule has 0 radical (unpaired) electrons. The molecule has 0 spiro atoms. The second-order valence-corrected chi connectivity index (χ2v) is 6.87. The molecule has 15 heavy (non-hydrogen) atoms. The van der Waals surface area contributed by atoms with E-state index in [-0.39, 0.29) is 0 Å². The van der Waals surface area contributed by atoms with Crippen LogP contribution in [0.15, 0.2) is 0 Å². The van der Waals surface area contributed by atoms with Crippen molar-refractivity contribution in [1.82, 2.24) is 4.31 Å². The summed E-state index contributed by atoms with van der Waals surface area (Å²) in [5.74, 6) is 0.987. The minimum atomic E-state index is -2.95. The lowest BCUT2D eigenvalue weighted by Crippen LogP contribution is -2.40.